The van der Waals surface area contributed by atoms with E-state index < -0.39 is 0 Å². The average Bonchev–Trinajstić information content (AvgIpc) is 2.82. The first-order valence-corrected chi connectivity index (χ1v) is 13.7. The van der Waals surface area contributed by atoms with E-state index in [1.165, 1.54) is 96.3 Å². The molecule has 0 aliphatic rings. The Morgan fingerprint density at radius 2 is 1.21 bits per heavy atom. The van der Waals surface area contributed by atoms with E-state index >= 15 is 0 Å². The van der Waals surface area contributed by atoms with Gasteiger partial charge >= 0.3 is 5.97 Å². The molecule has 0 aliphatic heterocycles. The van der Waals surface area contributed by atoms with Gasteiger partial charge in [-0.3, -0.25) is 0 Å². The van der Waals surface area contributed by atoms with E-state index in [-0.39, 0.29) is 18.7 Å². The number of rotatable bonds is 22. The predicted octanol–water partition coefficient (Wildman–Crippen LogP) is 9.20. The number of unbranched alkanes of at least 4 members (excludes halogenated alkanes) is 15. The van der Waals surface area contributed by atoms with E-state index in [0.29, 0.717) is 5.57 Å². The van der Waals surface area contributed by atoms with Crippen LogP contribution in [-0.4, -0.2) is 18.7 Å². The lowest BCUT2D eigenvalue weighted by Gasteiger charge is -2.19. The van der Waals surface area contributed by atoms with E-state index in [1.54, 1.807) is 6.92 Å². The van der Waals surface area contributed by atoms with E-state index in [1.807, 2.05) is 30.3 Å². The van der Waals surface area contributed by atoms with E-state index in [4.69, 9.17) is 9.47 Å². The second-order valence-electron chi connectivity index (χ2n) is 9.52. The van der Waals surface area contributed by atoms with Crippen molar-refractivity contribution in [2.45, 2.75) is 129 Å². The van der Waals surface area contributed by atoms with Crippen LogP contribution in [-0.2, 0) is 9.53 Å². The first-order valence-electron chi connectivity index (χ1n) is 13.7. The van der Waals surface area contributed by atoms with Gasteiger partial charge in [0, 0.05) is 5.57 Å². The summed E-state index contributed by atoms with van der Waals surface area (Å²) in [5, 5.41) is 0. The fraction of sp³-hybridized carbons (Fsp3) is 0.700. The van der Waals surface area contributed by atoms with Gasteiger partial charge in [-0.2, -0.15) is 0 Å². The third-order valence-electron chi connectivity index (χ3n) is 6.17. The van der Waals surface area contributed by atoms with Crippen LogP contribution in [0.3, 0.4) is 0 Å². The first-order chi connectivity index (χ1) is 16.1. The molecule has 1 unspecified atom stereocenters. The van der Waals surface area contributed by atoms with Gasteiger partial charge in [0.2, 0.25) is 0 Å². The number of esters is 1. The van der Waals surface area contributed by atoms with Crippen LogP contribution < -0.4 is 4.74 Å². The summed E-state index contributed by atoms with van der Waals surface area (Å²) in [5.41, 5.74) is 0.427. The number of para-hydroxylation sites is 1. The molecule has 3 heteroatoms. The van der Waals surface area contributed by atoms with Crippen LogP contribution >= 0.6 is 0 Å². The summed E-state index contributed by atoms with van der Waals surface area (Å²) in [4.78, 5) is 11.7. The molecule has 0 aromatic heterocycles. The SMILES string of the molecule is C=C(C)C(=O)OCC(CCCCCCCCCCCCCCCCCC)Oc1ccccc1. The molecule has 0 amide bonds. The second kappa shape index (κ2) is 20.8. The third-order valence-corrected chi connectivity index (χ3v) is 6.17. The Kier molecular flexibility index (Phi) is 18.5. The standard InChI is InChI=1S/C30H50O3/c1-4-5-6-7-8-9-10-11-12-13-14-15-16-17-18-20-25-29(26-32-30(31)27(2)3)33-28-23-21-19-22-24-28/h19,21-24,29H,2,4-18,20,25-26H2,1,3H3. The second-order valence-corrected chi connectivity index (χ2v) is 9.52. The molecule has 0 aliphatic carbocycles. The van der Waals surface area contributed by atoms with Gasteiger partial charge in [0.25, 0.3) is 0 Å². The largest absolute Gasteiger partial charge is 0.487 e. The van der Waals surface area contributed by atoms with Crippen LogP contribution in [0.5, 0.6) is 5.75 Å². The van der Waals surface area contributed by atoms with Crippen molar-refractivity contribution < 1.29 is 14.3 Å². The Morgan fingerprint density at radius 3 is 1.67 bits per heavy atom. The molecule has 0 bridgehead atoms. The van der Waals surface area contributed by atoms with Gasteiger partial charge in [-0.05, 0) is 31.9 Å². The predicted molar refractivity (Wildman–Crippen MR) is 141 cm³/mol. The fourth-order valence-corrected chi connectivity index (χ4v) is 4.08. The number of benzene rings is 1. The van der Waals surface area contributed by atoms with Crippen molar-refractivity contribution in [3.63, 3.8) is 0 Å². The van der Waals surface area contributed by atoms with Gasteiger partial charge in [-0.25, -0.2) is 4.79 Å². The van der Waals surface area contributed by atoms with Gasteiger partial charge < -0.3 is 9.47 Å². The molecule has 1 aromatic carbocycles. The molecule has 0 saturated heterocycles. The van der Waals surface area contributed by atoms with Crippen molar-refractivity contribution in [2.75, 3.05) is 6.61 Å². The summed E-state index contributed by atoms with van der Waals surface area (Å²) in [7, 11) is 0. The van der Waals surface area contributed by atoms with Gasteiger partial charge in [0.05, 0.1) is 0 Å². The molecule has 1 rings (SSSR count). The summed E-state index contributed by atoms with van der Waals surface area (Å²) >= 11 is 0. The average molecular weight is 459 g/mol. The van der Waals surface area contributed by atoms with Crippen LogP contribution in [0.2, 0.25) is 0 Å². The maximum atomic E-state index is 11.7. The highest BCUT2D eigenvalue weighted by Crippen LogP contribution is 2.17. The molecule has 1 aromatic rings. The number of hydrogen-bond acceptors (Lipinski definition) is 3. The molecule has 0 heterocycles. The maximum absolute atomic E-state index is 11.7. The van der Waals surface area contributed by atoms with Crippen molar-refractivity contribution >= 4 is 5.97 Å². The Morgan fingerprint density at radius 1 is 0.758 bits per heavy atom. The molecule has 3 nitrogen and oxygen atoms in total. The minimum atomic E-state index is -0.344. The molecule has 0 spiro atoms. The molecule has 0 N–H and O–H groups in total. The molecule has 0 saturated carbocycles. The summed E-state index contributed by atoms with van der Waals surface area (Å²) < 4.78 is 11.4. The molecule has 188 valence electrons. The first kappa shape index (κ1) is 29.3. The lowest BCUT2D eigenvalue weighted by Crippen LogP contribution is -2.25. The zero-order valence-electron chi connectivity index (χ0n) is 21.6. The van der Waals surface area contributed by atoms with E-state index in [0.717, 1.165) is 18.6 Å². The molecular formula is C30H50O3. The molecule has 1 atom stereocenters. The highest BCUT2D eigenvalue weighted by molar-refractivity contribution is 5.86. The Hall–Kier alpha value is -1.77. The Labute approximate surface area is 204 Å². The highest BCUT2D eigenvalue weighted by Gasteiger charge is 2.14. The number of ether oxygens (including phenoxy) is 2. The highest BCUT2D eigenvalue weighted by atomic mass is 16.6. The Bertz CT molecular complexity index is 596. The lowest BCUT2D eigenvalue weighted by molar-refractivity contribution is -0.141. The maximum Gasteiger partial charge on any atom is 0.333 e. The topological polar surface area (TPSA) is 35.5 Å². The molecule has 33 heavy (non-hydrogen) atoms. The van der Waals surface area contributed by atoms with E-state index in [2.05, 4.69) is 13.5 Å². The minimum Gasteiger partial charge on any atom is -0.487 e. The van der Waals surface area contributed by atoms with Crippen molar-refractivity contribution in [3.05, 3.63) is 42.5 Å². The quantitative estimate of drug-likeness (QED) is 0.0986. The van der Waals surface area contributed by atoms with Crippen molar-refractivity contribution in [2.24, 2.45) is 0 Å². The summed E-state index contributed by atoms with van der Waals surface area (Å²) in [6.45, 7) is 7.88. The monoisotopic (exact) mass is 458 g/mol. The molecule has 0 radical (unpaired) electrons. The van der Waals surface area contributed by atoms with Crippen molar-refractivity contribution in [1.82, 2.24) is 0 Å². The van der Waals surface area contributed by atoms with Crippen molar-refractivity contribution in [3.8, 4) is 5.75 Å². The van der Waals surface area contributed by atoms with Gasteiger partial charge in [0.15, 0.2) is 0 Å². The van der Waals surface area contributed by atoms with E-state index in [9.17, 15) is 4.79 Å². The lowest BCUT2D eigenvalue weighted by atomic mass is 10.0. The number of carbonyl (C=O) groups excluding carboxylic acids is 1. The van der Waals surface area contributed by atoms with Crippen LogP contribution in [0, 0.1) is 0 Å². The summed E-state index contributed by atoms with van der Waals surface area (Å²) in [6.07, 6.45) is 22.6. The minimum absolute atomic E-state index is 0.109. The Balaban J connectivity index is 2.03. The summed E-state index contributed by atoms with van der Waals surface area (Å²) in [5.74, 6) is 0.481. The number of carbonyl (C=O) groups is 1. The van der Waals surface area contributed by atoms with Gasteiger partial charge in [-0.15, -0.1) is 0 Å². The summed E-state index contributed by atoms with van der Waals surface area (Å²) in [6, 6.07) is 9.78. The molecule has 0 fully saturated rings. The van der Waals surface area contributed by atoms with Gasteiger partial charge in [0.1, 0.15) is 18.5 Å². The zero-order valence-corrected chi connectivity index (χ0v) is 21.6. The zero-order chi connectivity index (χ0) is 24.0. The smallest absolute Gasteiger partial charge is 0.333 e. The third kappa shape index (κ3) is 17.4. The fourth-order valence-electron chi connectivity index (χ4n) is 4.08. The molecular weight excluding hydrogens is 408 g/mol. The normalized spacial score (nSPS) is 11.8. The van der Waals surface area contributed by atoms with Crippen LogP contribution in [0.4, 0.5) is 0 Å². The van der Waals surface area contributed by atoms with Crippen molar-refractivity contribution in [1.29, 1.82) is 0 Å². The van der Waals surface area contributed by atoms with Crippen LogP contribution in [0.25, 0.3) is 0 Å². The van der Waals surface area contributed by atoms with Crippen LogP contribution in [0.15, 0.2) is 42.5 Å². The van der Waals surface area contributed by atoms with Gasteiger partial charge in [-0.1, -0.05) is 128 Å². The van der Waals surface area contributed by atoms with Crippen LogP contribution in [0.1, 0.15) is 123 Å². The number of hydrogen-bond donors (Lipinski definition) is 0.